The highest BCUT2D eigenvalue weighted by Crippen LogP contribution is 2.11. The van der Waals surface area contributed by atoms with Gasteiger partial charge >= 0.3 is 0 Å². The summed E-state index contributed by atoms with van der Waals surface area (Å²) in [5, 5.41) is 0. The van der Waals surface area contributed by atoms with Crippen LogP contribution in [0.2, 0.25) is 0 Å². The molecule has 1 atom stereocenters. The average molecular weight is 124 g/mol. The monoisotopic (exact) mass is 124 g/mol. The van der Waals surface area contributed by atoms with Gasteiger partial charge in [-0.25, -0.2) is 0 Å². The molecule has 1 heterocycles. The molecule has 9 heavy (non-hydrogen) atoms. The molecule has 1 unspecified atom stereocenters. The zero-order valence-electron chi connectivity index (χ0n) is 5.87. The van der Waals surface area contributed by atoms with Crippen molar-refractivity contribution in [2.24, 2.45) is 5.92 Å². The van der Waals surface area contributed by atoms with Gasteiger partial charge in [-0.1, -0.05) is 19.9 Å². The van der Waals surface area contributed by atoms with Crippen molar-refractivity contribution >= 4 is 0 Å². The Hall–Kier alpha value is -0.720. The van der Waals surface area contributed by atoms with Gasteiger partial charge in [0.2, 0.25) is 0 Å². The minimum absolute atomic E-state index is 0.287. The van der Waals surface area contributed by atoms with E-state index in [1.165, 1.54) is 0 Å². The molecule has 1 aliphatic heterocycles. The molecule has 1 rings (SSSR count). The van der Waals surface area contributed by atoms with Gasteiger partial charge < -0.3 is 4.74 Å². The van der Waals surface area contributed by atoms with Gasteiger partial charge in [-0.3, -0.25) is 0 Å². The van der Waals surface area contributed by atoms with Gasteiger partial charge in [-0.15, -0.1) is 0 Å². The molecule has 1 aliphatic rings. The second kappa shape index (κ2) is 2.72. The van der Waals surface area contributed by atoms with Crippen molar-refractivity contribution in [3.8, 4) is 0 Å². The molecule has 50 valence electrons. The molecule has 0 amide bonds. The predicted octanol–water partition coefficient (Wildman–Crippen LogP) is 2.11. The van der Waals surface area contributed by atoms with E-state index in [1.54, 1.807) is 6.26 Å². The van der Waals surface area contributed by atoms with Gasteiger partial charge in [0.05, 0.1) is 6.26 Å². The quantitative estimate of drug-likeness (QED) is 0.520. The van der Waals surface area contributed by atoms with Gasteiger partial charge in [-0.05, 0) is 18.1 Å². The number of rotatable bonds is 1. The molecule has 0 saturated carbocycles. The van der Waals surface area contributed by atoms with Gasteiger partial charge in [0.25, 0.3) is 0 Å². The summed E-state index contributed by atoms with van der Waals surface area (Å²) >= 11 is 0. The summed E-state index contributed by atoms with van der Waals surface area (Å²) in [4.78, 5) is 0. The molecule has 1 heteroatoms. The first-order chi connectivity index (χ1) is 4.30. The summed E-state index contributed by atoms with van der Waals surface area (Å²) < 4.78 is 5.27. The predicted molar refractivity (Wildman–Crippen MR) is 38.0 cm³/mol. The Labute approximate surface area is 56.0 Å². The molecule has 0 saturated heterocycles. The maximum absolute atomic E-state index is 5.27. The van der Waals surface area contributed by atoms with Gasteiger partial charge in [-0.2, -0.15) is 0 Å². The van der Waals surface area contributed by atoms with Crippen LogP contribution in [0.25, 0.3) is 0 Å². The third kappa shape index (κ3) is 1.60. The van der Waals surface area contributed by atoms with Crippen LogP contribution in [-0.2, 0) is 4.74 Å². The topological polar surface area (TPSA) is 9.23 Å². The Morgan fingerprint density at radius 1 is 1.33 bits per heavy atom. The fourth-order valence-electron chi connectivity index (χ4n) is 0.780. The van der Waals surface area contributed by atoms with E-state index in [-0.39, 0.29) is 6.10 Å². The molecule has 0 spiro atoms. The second-order valence-electron chi connectivity index (χ2n) is 2.56. The Morgan fingerprint density at radius 2 is 2.11 bits per heavy atom. The molecule has 0 aromatic rings. The minimum Gasteiger partial charge on any atom is -0.494 e. The van der Waals surface area contributed by atoms with E-state index in [4.69, 9.17) is 4.74 Å². The molecule has 0 bridgehead atoms. The highest BCUT2D eigenvalue weighted by atomic mass is 16.5. The lowest BCUT2D eigenvalue weighted by atomic mass is 10.1. The Kier molecular flexibility index (Phi) is 1.93. The third-order valence-electron chi connectivity index (χ3n) is 1.38. The van der Waals surface area contributed by atoms with Crippen molar-refractivity contribution in [3.63, 3.8) is 0 Å². The van der Waals surface area contributed by atoms with E-state index in [9.17, 15) is 0 Å². The molecule has 0 aromatic heterocycles. The van der Waals surface area contributed by atoms with E-state index in [0.717, 1.165) is 0 Å². The number of ether oxygens (including phenoxy) is 1. The summed E-state index contributed by atoms with van der Waals surface area (Å²) in [5.74, 6) is 0.575. The van der Waals surface area contributed by atoms with Crippen molar-refractivity contribution in [1.82, 2.24) is 0 Å². The van der Waals surface area contributed by atoms with Crippen LogP contribution in [0.5, 0.6) is 0 Å². The number of hydrogen-bond donors (Lipinski definition) is 0. The van der Waals surface area contributed by atoms with Crippen molar-refractivity contribution in [2.45, 2.75) is 20.0 Å². The highest BCUT2D eigenvalue weighted by molar-refractivity contribution is 5.07. The SMILES string of the molecule is CC(C)C1C=CC=CO1. The van der Waals surface area contributed by atoms with Gasteiger partial charge in [0.1, 0.15) is 6.10 Å². The summed E-state index contributed by atoms with van der Waals surface area (Å²) in [5.41, 5.74) is 0. The largest absolute Gasteiger partial charge is 0.494 e. The molecule has 0 radical (unpaired) electrons. The van der Waals surface area contributed by atoms with Crippen LogP contribution in [0.15, 0.2) is 24.5 Å². The maximum Gasteiger partial charge on any atom is 0.118 e. The lowest BCUT2D eigenvalue weighted by molar-refractivity contribution is 0.140. The van der Waals surface area contributed by atoms with Crippen LogP contribution in [0.3, 0.4) is 0 Å². The Balaban J connectivity index is 2.46. The summed E-state index contributed by atoms with van der Waals surface area (Å²) in [6.45, 7) is 4.29. The Morgan fingerprint density at radius 3 is 2.44 bits per heavy atom. The first kappa shape index (κ1) is 6.40. The molecule has 0 aliphatic carbocycles. The molecular weight excluding hydrogens is 112 g/mol. The van der Waals surface area contributed by atoms with E-state index in [1.807, 2.05) is 12.2 Å². The third-order valence-corrected chi connectivity index (χ3v) is 1.38. The summed E-state index contributed by atoms with van der Waals surface area (Å²) in [6.07, 6.45) is 8.03. The molecular formula is C8H12O. The first-order valence-corrected chi connectivity index (χ1v) is 3.29. The fraction of sp³-hybridized carbons (Fsp3) is 0.500. The fourth-order valence-corrected chi connectivity index (χ4v) is 0.780. The minimum atomic E-state index is 0.287. The van der Waals surface area contributed by atoms with Crippen molar-refractivity contribution in [2.75, 3.05) is 0 Å². The first-order valence-electron chi connectivity index (χ1n) is 3.29. The van der Waals surface area contributed by atoms with Crippen molar-refractivity contribution < 1.29 is 4.74 Å². The van der Waals surface area contributed by atoms with Gasteiger partial charge in [0.15, 0.2) is 0 Å². The lowest BCUT2D eigenvalue weighted by Gasteiger charge is -2.17. The lowest BCUT2D eigenvalue weighted by Crippen LogP contribution is -2.15. The highest BCUT2D eigenvalue weighted by Gasteiger charge is 2.09. The van der Waals surface area contributed by atoms with Crippen LogP contribution in [0, 0.1) is 5.92 Å². The van der Waals surface area contributed by atoms with E-state index in [2.05, 4.69) is 19.9 Å². The summed E-state index contributed by atoms with van der Waals surface area (Å²) in [7, 11) is 0. The molecule has 1 nitrogen and oxygen atoms in total. The summed E-state index contributed by atoms with van der Waals surface area (Å²) in [6, 6.07) is 0. The Bertz CT molecular complexity index is 134. The second-order valence-corrected chi connectivity index (χ2v) is 2.56. The molecule has 0 fully saturated rings. The van der Waals surface area contributed by atoms with E-state index >= 15 is 0 Å². The smallest absolute Gasteiger partial charge is 0.118 e. The normalized spacial score (nSPS) is 24.6. The van der Waals surface area contributed by atoms with Crippen LogP contribution >= 0.6 is 0 Å². The van der Waals surface area contributed by atoms with E-state index in [0.29, 0.717) is 5.92 Å². The number of hydrogen-bond acceptors (Lipinski definition) is 1. The van der Waals surface area contributed by atoms with Crippen LogP contribution in [0.1, 0.15) is 13.8 Å². The number of allylic oxidation sites excluding steroid dienone is 2. The average Bonchev–Trinajstić information content (AvgIpc) is 1.90. The standard InChI is InChI=1S/C8H12O/c1-7(2)8-5-3-4-6-9-8/h3-8H,1-2H3. The van der Waals surface area contributed by atoms with Crippen molar-refractivity contribution in [3.05, 3.63) is 24.5 Å². The van der Waals surface area contributed by atoms with E-state index < -0.39 is 0 Å². The maximum atomic E-state index is 5.27. The van der Waals surface area contributed by atoms with Crippen LogP contribution in [-0.4, -0.2) is 6.10 Å². The molecule has 0 aromatic carbocycles. The zero-order chi connectivity index (χ0) is 6.69. The van der Waals surface area contributed by atoms with Gasteiger partial charge in [0, 0.05) is 0 Å². The van der Waals surface area contributed by atoms with Crippen LogP contribution < -0.4 is 0 Å². The van der Waals surface area contributed by atoms with Crippen LogP contribution in [0.4, 0.5) is 0 Å². The molecule has 0 N–H and O–H groups in total. The van der Waals surface area contributed by atoms with Crippen molar-refractivity contribution in [1.29, 1.82) is 0 Å². The zero-order valence-corrected chi connectivity index (χ0v) is 5.87.